The second-order valence-electron chi connectivity index (χ2n) is 2.78. The summed E-state index contributed by atoms with van der Waals surface area (Å²) in [4.78, 5) is 7.94. The average molecular weight is 278 g/mol. The van der Waals surface area contributed by atoms with E-state index in [2.05, 4.69) is 31.2 Å². The summed E-state index contributed by atoms with van der Waals surface area (Å²) in [5, 5.41) is 3.13. The first-order chi connectivity index (χ1) is 6.68. The summed E-state index contributed by atoms with van der Waals surface area (Å²) in [6.07, 6.45) is 4.08. The Morgan fingerprint density at radius 2 is 2.36 bits per heavy atom. The lowest BCUT2D eigenvalue weighted by molar-refractivity contribution is 0.685. The molecule has 0 aromatic carbocycles. The topological polar surface area (TPSA) is 54.9 Å². The highest BCUT2D eigenvalue weighted by Gasteiger charge is 1.95. The van der Waals surface area contributed by atoms with Crippen LogP contribution in [0.25, 0.3) is 0 Å². The summed E-state index contributed by atoms with van der Waals surface area (Å²) >= 11 is 3.25. The van der Waals surface area contributed by atoms with E-state index in [1.807, 2.05) is 6.07 Å². The molecule has 0 saturated carbocycles. The highest BCUT2D eigenvalue weighted by molar-refractivity contribution is 9.10. The smallest absolute Gasteiger partial charge is 0.130 e. The maximum atomic E-state index is 10.8. The van der Waals surface area contributed by atoms with Crippen molar-refractivity contribution in [1.82, 2.24) is 9.97 Å². The van der Waals surface area contributed by atoms with Crippen molar-refractivity contribution in [2.45, 2.75) is 6.42 Å². The molecule has 1 aromatic rings. The molecule has 6 heteroatoms. The van der Waals surface area contributed by atoms with Crippen molar-refractivity contribution in [3.8, 4) is 0 Å². The molecule has 0 aliphatic heterocycles. The van der Waals surface area contributed by atoms with Crippen LogP contribution in [0.4, 0.5) is 5.82 Å². The molecule has 1 aromatic heterocycles. The molecule has 14 heavy (non-hydrogen) atoms. The number of halogens is 1. The molecule has 0 aliphatic rings. The molecule has 1 rings (SSSR count). The molecule has 1 atom stereocenters. The molecule has 1 heterocycles. The standard InChI is InChI=1S/C8H12BrN3OS/c1-14(13)4-2-3-10-8-5-7(9)11-6-12-8/h5-6H,2-4H2,1H3,(H,10,11,12). The van der Waals surface area contributed by atoms with Crippen molar-refractivity contribution >= 4 is 32.5 Å². The molecule has 0 spiro atoms. The summed E-state index contributed by atoms with van der Waals surface area (Å²) in [7, 11) is -0.710. The van der Waals surface area contributed by atoms with Crippen LogP contribution in [0, 0.1) is 0 Å². The Bertz CT molecular complexity index is 321. The highest BCUT2D eigenvalue weighted by Crippen LogP contribution is 2.08. The minimum atomic E-state index is -0.710. The van der Waals surface area contributed by atoms with Crippen molar-refractivity contribution in [2.24, 2.45) is 0 Å². The lowest BCUT2D eigenvalue weighted by Crippen LogP contribution is -2.07. The van der Waals surface area contributed by atoms with Crippen LogP contribution in [0.5, 0.6) is 0 Å². The zero-order valence-electron chi connectivity index (χ0n) is 7.86. The van der Waals surface area contributed by atoms with Crippen LogP contribution < -0.4 is 5.32 Å². The van der Waals surface area contributed by atoms with Gasteiger partial charge in [0.1, 0.15) is 16.7 Å². The first-order valence-electron chi connectivity index (χ1n) is 4.20. The van der Waals surface area contributed by atoms with Gasteiger partial charge in [-0.15, -0.1) is 0 Å². The minimum Gasteiger partial charge on any atom is -0.370 e. The molecule has 0 radical (unpaired) electrons. The van der Waals surface area contributed by atoms with Crippen LogP contribution in [-0.4, -0.2) is 32.7 Å². The zero-order valence-corrected chi connectivity index (χ0v) is 10.3. The predicted octanol–water partition coefficient (Wildman–Crippen LogP) is 1.42. The van der Waals surface area contributed by atoms with Gasteiger partial charge >= 0.3 is 0 Å². The Morgan fingerprint density at radius 3 is 3.00 bits per heavy atom. The normalized spacial score (nSPS) is 12.4. The van der Waals surface area contributed by atoms with Crippen molar-refractivity contribution in [1.29, 1.82) is 0 Å². The second-order valence-corrected chi connectivity index (χ2v) is 5.15. The molecular formula is C8H12BrN3OS. The van der Waals surface area contributed by atoms with E-state index in [4.69, 9.17) is 0 Å². The molecular weight excluding hydrogens is 266 g/mol. The Balaban J connectivity index is 2.28. The van der Waals surface area contributed by atoms with Gasteiger partial charge in [-0.3, -0.25) is 4.21 Å². The molecule has 4 nitrogen and oxygen atoms in total. The van der Waals surface area contributed by atoms with Gasteiger partial charge in [-0.25, -0.2) is 9.97 Å². The zero-order chi connectivity index (χ0) is 10.4. The predicted molar refractivity (Wildman–Crippen MR) is 61.8 cm³/mol. The largest absolute Gasteiger partial charge is 0.370 e. The van der Waals surface area contributed by atoms with Gasteiger partial charge in [-0.05, 0) is 22.4 Å². The fourth-order valence-corrected chi connectivity index (χ4v) is 1.78. The van der Waals surface area contributed by atoms with Crippen LogP contribution in [0.2, 0.25) is 0 Å². The minimum absolute atomic E-state index is 0.710. The van der Waals surface area contributed by atoms with E-state index in [9.17, 15) is 4.21 Å². The average Bonchev–Trinajstić information content (AvgIpc) is 2.12. The number of anilines is 1. The Morgan fingerprint density at radius 1 is 1.57 bits per heavy atom. The molecule has 0 amide bonds. The Kier molecular flexibility index (Phi) is 5.03. The molecule has 0 bridgehead atoms. The van der Waals surface area contributed by atoms with Crippen LogP contribution in [0.3, 0.4) is 0 Å². The third-order valence-electron chi connectivity index (χ3n) is 1.55. The monoisotopic (exact) mass is 277 g/mol. The van der Waals surface area contributed by atoms with E-state index >= 15 is 0 Å². The fraction of sp³-hybridized carbons (Fsp3) is 0.500. The third kappa shape index (κ3) is 4.66. The van der Waals surface area contributed by atoms with E-state index in [0.29, 0.717) is 0 Å². The van der Waals surface area contributed by atoms with Crippen molar-refractivity contribution < 1.29 is 4.21 Å². The van der Waals surface area contributed by atoms with Gasteiger partial charge in [0.2, 0.25) is 0 Å². The first kappa shape index (κ1) is 11.6. The van der Waals surface area contributed by atoms with Gasteiger partial charge in [-0.2, -0.15) is 0 Å². The summed E-state index contributed by atoms with van der Waals surface area (Å²) in [5.41, 5.74) is 0. The lowest BCUT2D eigenvalue weighted by Gasteiger charge is -2.03. The van der Waals surface area contributed by atoms with Crippen molar-refractivity contribution in [3.63, 3.8) is 0 Å². The maximum Gasteiger partial charge on any atom is 0.130 e. The Labute approximate surface area is 94.1 Å². The lowest BCUT2D eigenvalue weighted by atomic mass is 10.4. The van der Waals surface area contributed by atoms with Gasteiger partial charge in [-0.1, -0.05) is 0 Å². The van der Waals surface area contributed by atoms with Gasteiger partial charge < -0.3 is 5.32 Å². The van der Waals surface area contributed by atoms with Gasteiger partial charge in [0, 0.05) is 35.4 Å². The van der Waals surface area contributed by atoms with E-state index in [1.54, 1.807) is 6.26 Å². The van der Waals surface area contributed by atoms with E-state index in [1.165, 1.54) is 6.33 Å². The molecule has 0 saturated heterocycles. The quantitative estimate of drug-likeness (QED) is 0.653. The fourth-order valence-electron chi connectivity index (χ4n) is 0.922. The van der Waals surface area contributed by atoms with Gasteiger partial charge in [0.15, 0.2) is 0 Å². The Hall–Kier alpha value is -0.490. The summed E-state index contributed by atoms with van der Waals surface area (Å²) in [5.74, 6) is 1.51. The van der Waals surface area contributed by atoms with E-state index < -0.39 is 10.8 Å². The van der Waals surface area contributed by atoms with Crippen LogP contribution in [-0.2, 0) is 10.8 Å². The van der Waals surface area contributed by atoms with Crippen LogP contribution in [0.1, 0.15) is 6.42 Å². The van der Waals surface area contributed by atoms with Crippen LogP contribution in [0.15, 0.2) is 17.0 Å². The van der Waals surface area contributed by atoms with Gasteiger partial charge in [0.05, 0.1) is 0 Å². The molecule has 0 aliphatic carbocycles. The summed E-state index contributed by atoms with van der Waals surface area (Å²) < 4.78 is 11.5. The molecule has 1 unspecified atom stereocenters. The maximum absolute atomic E-state index is 10.8. The number of aromatic nitrogens is 2. The number of rotatable bonds is 5. The van der Waals surface area contributed by atoms with Crippen molar-refractivity contribution in [2.75, 3.05) is 23.9 Å². The SMILES string of the molecule is CS(=O)CCCNc1cc(Br)ncn1. The molecule has 1 N–H and O–H groups in total. The highest BCUT2D eigenvalue weighted by atomic mass is 79.9. The van der Waals surface area contributed by atoms with E-state index in [0.717, 1.165) is 29.1 Å². The second kappa shape index (κ2) is 6.08. The number of nitrogens with one attached hydrogen (secondary N) is 1. The third-order valence-corrected chi connectivity index (χ3v) is 2.85. The first-order valence-corrected chi connectivity index (χ1v) is 6.72. The van der Waals surface area contributed by atoms with Crippen molar-refractivity contribution in [3.05, 3.63) is 17.0 Å². The van der Waals surface area contributed by atoms with E-state index in [-0.39, 0.29) is 0 Å². The summed E-state index contributed by atoms with van der Waals surface area (Å²) in [6, 6.07) is 1.81. The van der Waals surface area contributed by atoms with Gasteiger partial charge in [0.25, 0.3) is 0 Å². The van der Waals surface area contributed by atoms with Crippen LogP contribution >= 0.6 is 15.9 Å². The molecule has 0 fully saturated rings. The molecule has 78 valence electrons. The number of hydrogen-bond acceptors (Lipinski definition) is 4. The summed E-state index contributed by atoms with van der Waals surface area (Å²) in [6.45, 7) is 0.781. The number of hydrogen-bond donors (Lipinski definition) is 1. The number of nitrogens with zero attached hydrogens (tertiary/aromatic N) is 2.